The molecular weight excluding hydrogens is 366 g/mol. The van der Waals surface area contributed by atoms with Crippen LogP contribution in [0.4, 0.5) is 17.1 Å². The van der Waals surface area contributed by atoms with E-state index in [4.69, 9.17) is 4.98 Å². The minimum atomic E-state index is 1.06. The maximum atomic E-state index is 4.77. The van der Waals surface area contributed by atoms with E-state index in [-0.39, 0.29) is 0 Å². The van der Waals surface area contributed by atoms with Crippen molar-refractivity contribution >= 4 is 17.1 Å². The summed E-state index contributed by atoms with van der Waals surface area (Å²) in [6.45, 7) is 8.47. The predicted molar refractivity (Wildman–Crippen MR) is 124 cm³/mol. The summed E-state index contributed by atoms with van der Waals surface area (Å²) < 4.78 is 2.26. The van der Waals surface area contributed by atoms with E-state index in [9.17, 15) is 0 Å². The van der Waals surface area contributed by atoms with Crippen LogP contribution in [0.5, 0.6) is 0 Å². The number of hydrogen-bond acceptors (Lipinski definition) is 2. The topological polar surface area (TPSA) is 20.0 Å². The van der Waals surface area contributed by atoms with Crippen molar-refractivity contribution in [2.24, 2.45) is 7.05 Å². The van der Waals surface area contributed by atoms with Gasteiger partial charge in [0.1, 0.15) is 18.4 Å². The molecule has 0 bridgehead atoms. The number of nitrogens with zero attached hydrogens (tertiary/aromatic N) is 3. The van der Waals surface area contributed by atoms with E-state index in [0.717, 1.165) is 28.5 Å². The molecule has 0 amide bonds. The Balaban J connectivity index is 1.85. The van der Waals surface area contributed by atoms with Crippen molar-refractivity contribution in [1.29, 1.82) is 0 Å². The van der Waals surface area contributed by atoms with Crippen LogP contribution in [0.25, 0.3) is 11.3 Å². The van der Waals surface area contributed by atoms with Crippen molar-refractivity contribution in [3.8, 4) is 11.3 Å². The zero-order valence-electron chi connectivity index (χ0n) is 18.3. The van der Waals surface area contributed by atoms with E-state index in [1.807, 2.05) is 0 Å². The van der Waals surface area contributed by atoms with Crippen LogP contribution in [0.1, 0.15) is 22.6 Å². The van der Waals surface area contributed by atoms with Crippen LogP contribution < -0.4 is 9.47 Å². The van der Waals surface area contributed by atoms with Crippen LogP contribution in [0.2, 0.25) is 0 Å². The molecule has 0 spiro atoms. The summed E-state index contributed by atoms with van der Waals surface area (Å²) in [5, 5.41) is 0. The van der Waals surface area contributed by atoms with Crippen LogP contribution >= 0.6 is 0 Å². The van der Waals surface area contributed by atoms with Crippen LogP contribution in [-0.2, 0) is 7.05 Å². The first-order valence-electron chi connectivity index (χ1n) is 10.3. The predicted octanol–water partition coefficient (Wildman–Crippen LogP) is 6.28. The number of para-hydroxylation sites is 2. The first-order chi connectivity index (χ1) is 14.5. The Labute approximate surface area is 179 Å². The molecule has 0 aliphatic carbocycles. The Kier molecular flexibility index (Phi) is 5.37. The molecule has 0 unspecified atom stereocenters. The largest absolute Gasteiger partial charge is 0.310 e. The van der Waals surface area contributed by atoms with Crippen LogP contribution in [0.15, 0.2) is 78.9 Å². The van der Waals surface area contributed by atoms with Gasteiger partial charge in [0.25, 0.3) is 0 Å². The lowest BCUT2D eigenvalue weighted by Gasteiger charge is -2.26. The molecule has 4 rings (SSSR count). The number of hydrogen-bond donors (Lipinski definition) is 0. The van der Waals surface area contributed by atoms with Crippen molar-refractivity contribution in [3.63, 3.8) is 0 Å². The first-order valence-corrected chi connectivity index (χ1v) is 10.3. The molecule has 0 atom stereocenters. The molecule has 0 saturated carbocycles. The van der Waals surface area contributed by atoms with Crippen molar-refractivity contribution in [2.45, 2.75) is 27.7 Å². The van der Waals surface area contributed by atoms with Gasteiger partial charge in [-0.15, -0.1) is 0 Å². The molecule has 3 aromatic carbocycles. The van der Waals surface area contributed by atoms with Gasteiger partial charge < -0.3 is 4.90 Å². The second-order valence-electron chi connectivity index (χ2n) is 7.78. The molecule has 0 aliphatic rings. The molecular formula is C27H28N3+. The van der Waals surface area contributed by atoms with Gasteiger partial charge in [0.05, 0.1) is 5.56 Å². The van der Waals surface area contributed by atoms with Gasteiger partial charge in [0, 0.05) is 24.0 Å². The Bertz CT molecular complexity index is 1140. The zero-order valence-corrected chi connectivity index (χ0v) is 18.3. The third kappa shape index (κ3) is 3.59. The van der Waals surface area contributed by atoms with Gasteiger partial charge in [-0.05, 0) is 68.8 Å². The second kappa shape index (κ2) is 8.11. The monoisotopic (exact) mass is 394 g/mol. The first kappa shape index (κ1) is 19.8. The highest BCUT2D eigenvalue weighted by molar-refractivity contribution is 5.78. The summed E-state index contributed by atoms with van der Waals surface area (Å²) in [6, 6.07) is 27.7. The van der Waals surface area contributed by atoms with E-state index < -0.39 is 0 Å². The molecule has 4 aromatic rings. The molecule has 0 fully saturated rings. The van der Waals surface area contributed by atoms with E-state index in [0.29, 0.717) is 0 Å². The molecule has 0 N–H and O–H groups in total. The molecule has 0 radical (unpaired) electrons. The van der Waals surface area contributed by atoms with Crippen LogP contribution in [0.3, 0.4) is 0 Å². The highest BCUT2D eigenvalue weighted by atomic mass is 15.1. The lowest BCUT2D eigenvalue weighted by atomic mass is 10.0. The van der Waals surface area contributed by atoms with Gasteiger partial charge in [-0.2, -0.15) is 4.57 Å². The second-order valence-corrected chi connectivity index (χ2v) is 7.78. The lowest BCUT2D eigenvalue weighted by Crippen LogP contribution is -2.37. The van der Waals surface area contributed by atoms with Gasteiger partial charge in [-0.25, -0.2) is 4.98 Å². The average Bonchev–Trinajstić information content (AvgIpc) is 2.75. The summed E-state index contributed by atoms with van der Waals surface area (Å²) in [5.41, 5.74) is 10.4. The molecule has 0 aliphatic heterocycles. The van der Waals surface area contributed by atoms with Crippen molar-refractivity contribution in [3.05, 3.63) is 102 Å². The smallest absolute Gasteiger partial charge is 0.234 e. The molecule has 3 nitrogen and oxygen atoms in total. The fourth-order valence-electron chi connectivity index (χ4n) is 4.07. The summed E-state index contributed by atoms with van der Waals surface area (Å²) in [7, 11) is 2.12. The SMILES string of the molecule is Cc1cc(N(c2ccccc2)c2ccccc2)ccc1-c1c(C)nc(C)c(C)[n+]1C. The number of benzene rings is 3. The minimum absolute atomic E-state index is 1.06. The maximum absolute atomic E-state index is 4.77. The molecule has 1 heterocycles. The van der Waals surface area contributed by atoms with Gasteiger partial charge in [0.15, 0.2) is 5.69 Å². The fourth-order valence-corrected chi connectivity index (χ4v) is 4.07. The third-order valence-electron chi connectivity index (χ3n) is 5.79. The van der Waals surface area contributed by atoms with E-state index in [2.05, 4.69) is 123 Å². The fraction of sp³-hybridized carbons (Fsp3) is 0.185. The maximum Gasteiger partial charge on any atom is 0.234 e. The average molecular weight is 395 g/mol. The number of aromatic nitrogens is 2. The van der Waals surface area contributed by atoms with E-state index in [1.165, 1.54) is 22.5 Å². The molecule has 1 aromatic heterocycles. The number of rotatable bonds is 4. The van der Waals surface area contributed by atoms with Gasteiger partial charge in [0.2, 0.25) is 5.69 Å². The highest BCUT2D eigenvalue weighted by Crippen LogP contribution is 2.36. The summed E-state index contributed by atoms with van der Waals surface area (Å²) in [4.78, 5) is 7.07. The Morgan fingerprint density at radius 1 is 0.667 bits per heavy atom. The third-order valence-corrected chi connectivity index (χ3v) is 5.79. The summed E-state index contributed by atoms with van der Waals surface area (Å²) in [5.74, 6) is 0. The van der Waals surface area contributed by atoms with Gasteiger partial charge in [-0.3, -0.25) is 0 Å². The number of aryl methyl sites for hydroxylation is 3. The number of anilines is 3. The summed E-state index contributed by atoms with van der Waals surface area (Å²) >= 11 is 0. The van der Waals surface area contributed by atoms with E-state index >= 15 is 0 Å². The normalized spacial score (nSPS) is 10.8. The minimum Gasteiger partial charge on any atom is -0.310 e. The van der Waals surface area contributed by atoms with Crippen molar-refractivity contribution in [1.82, 2.24) is 4.98 Å². The molecule has 0 saturated heterocycles. The van der Waals surface area contributed by atoms with Gasteiger partial charge >= 0.3 is 0 Å². The quantitative estimate of drug-likeness (QED) is 0.380. The molecule has 30 heavy (non-hydrogen) atoms. The van der Waals surface area contributed by atoms with Crippen LogP contribution in [0, 0.1) is 27.7 Å². The van der Waals surface area contributed by atoms with E-state index in [1.54, 1.807) is 0 Å². The van der Waals surface area contributed by atoms with Crippen LogP contribution in [-0.4, -0.2) is 4.98 Å². The van der Waals surface area contributed by atoms with Crippen molar-refractivity contribution < 1.29 is 4.57 Å². The highest BCUT2D eigenvalue weighted by Gasteiger charge is 2.22. The Hall–Kier alpha value is -3.46. The molecule has 150 valence electrons. The Morgan fingerprint density at radius 3 is 1.77 bits per heavy atom. The zero-order chi connectivity index (χ0) is 21.3. The molecule has 3 heteroatoms. The Morgan fingerprint density at radius 2 is 1.23 bits per heavy atom. The lowest BCUT2D eigenvalue weighted by molar-refractivity contribution is -0.667. The van der Waals surface area contributed by atoms with Gasteiger partial charge in [-0.1, -0.05) is 36.4 Å². The summed E-state index contributed by atoms with van der Waals surface area (Å²) in [6.07, 6.45) is 0. The van der Waals surface area contributed by atoms with Crippen molar-refractivity contribution in [2.75, 3.05) is 4.90 Å². The standard InChI is InChI=1S/C27H28N3/c1-19-18-25(16-17-26(19)27-21(3)28-20(2)22(4)29(27)5)30(23-12-8-6-9-13-23)24-14-10-7-11-15-24/h6-18H,1-5H3/q+1.